The maximum absolute atomic E-state index is 6.04. The van der Waals surface area contributed by atoms with Crippen molar-refractivity contribution in [2.24, 2.45) is 0 Å². The van der Waals surface area contributed by atoms with Gasteiger partial charge in [-0.15, -0.1) is 22.7 Å². The summed E-state index contributed by atoms with van der Waals surface area (Å²) in [5, 5.41) is 5.50. The molecule has 2 aromatic heterocycles. The second-order valence-corrected chi connectivity index (χ2v) is 7.38. The largest absolute Gasteiger partial charge is 0.124 e. The molecule has 0 saturated carbocycles. The molecule has 0 amide bonds. The summed E-state index contributed by atoms with van der Waals surface area (Å²) in [7, 11) is 0. The Morgan fingerprint density at radius 1 is 0.722 bits per heavy atom. The summed E-state index contributed by atoms with van der Waals surface area (Å²) >= 11 is 15.7. The van der Waals surface area contributed by atoms with E-state index in [1.54, 1.807) is 22.7 Å². The van der Waals surface area contributed by atoms with Crippen LogP contribution < -0.4 is 0 Å². The van der Waals surface area contributed by atoms with E-state index in [2.05, 4.69) is 12.1 Å². The molecule has 88 valence electrons. The smallest absolute Gasteiger partial charge is 0.0890 e. The maximum Gasteiger partial charge on any atom is 0.0890 e. The highest BCUT2D eigenvalue weighted by molar-refractivity contribution is 7.44. The van der Waals surface area contributed by atoms with Crippen LogP contribution in [0, 0.1) is 0 Å². The van der Waals surface area contributed by atoms with Gasteiger partial charge in [0.05, 0.1) is 4.01 Å². The summed E-state index contributed by atoms with van der Waals surface area (Å²) in [5.41, 5.74) is 0. The summed E-state index contributed by atoms with van der Waals surface area (Å²) in [6, 6.07) is 12.2. The first-order chi connectivity index (χ1) is 8.72. The molecular formula is C14H6Cl2S2. The number of hydrogen-bond donors (Lipinski definition) is 0. The number of benzene rings is 2. The van der Waals surface area contributed by atoms with Gasteiger partial charge in [0.2, 0.25) is 0 Å². The van der Waals surface area contributed by atoms with Crippen LogP contribution in [0.5, 0.6) is 0 Å². The van der Waals surface area contributed by atoms with Crippen LogP contribution in [0.1, 0.15) is 0 Å². The third-order valence-corrected chi connectivity index (χ3v) is 5.90. The predicted molar refractivity (Wildman–Crippen MR) is 84.7 cm³/mol. The van der Waals surface area contributed by atoms with Crippen LogP contribution in [-0.4, -0.2) is 0 Å². The zero-order valence-corrected chi connectivity index (χ0v) is 12.2. The Morgan fingerprint density at radius 3 is 1.72 bits per heavy atom. The van der Waals surface area contributed by atoms with E-state index in [9.17, 15) is 0 Å². The third-order valence-electron chi connectivity index (χ3n) is 3.04. The Morgan fingerprint density at radius 2 is 1.22 bits per heavy atom. The lowest BCUT2D eigenvalue weighted by Gasteiger charge is -1.94. The zero-order chi connectivity index (χ0) is 12.3. The molecule has 0 spiro atoms. The first-order valence-electron chi connectivity index (χ1n) is 5.42. The van der Waals surface area contributed by atoms with E-state index in [-0.39, 0.29) is 0 Å². The minimum atomic E-state index is 0.795. The lowest BCUT2D eigenvalue weighted by Crippen LogP contribution is -1.67. The summed E-state index contributed by atoms with van der Waals surface area (Å²) < 4.78 is 3.84. The van der Waals surface area contributed by atoms with Gasteiger partial charge in [0.25, 0.3) is 0 Å². The summed E-state index contributed by atoms with van der Waals surface area (Å²) in [4.78, 5) is 0. The van der Waals surface area contributed by atoms with E-state index in [1.807, 2.05) is 24.3 Å². The van der Waals surface area contributed by atoms with Gasteiger partial charge in [-0.2, -0.15) is 0 Å². The van der Waals surface area contributed by atoms with Crippen molar-refractivity contribution in [2.75, 3.05) is 0 Å². The van der Waals surface area contributed by atoms with Crippen LogP contribution in [0.25, 0.3) is 29.6 Å². The number of hydrogen-bond acceptors (Lipinski definition) is 2. The fraction of sp³-hybridized carbons (Fsp3) is 0. The van der Waals surface area contributed by atoms with Gasteiger partial charge in [-0.3, -0.25) is 0 Å². The molecule has 0 atom stereocenters. The van der Waals surface area contributed by atoms with Gasteiger partial charge < -0.3 is 0 Å². The first-order valence-corrected chi connectivity index (χ1v) is 7.81. The number of halogens is 2. The van der Waals surface area contributed by atoms with Gasteiger partial charge in [-0.1, -0.05) is 35.3 Å². The molecule has 4 heteroatoms. The topological polar surface area (TPSA) is 0 Å². The highest BCUT2D eigenvalue weighted by Crippen LogP contribution is 2.45. The van der Waals surface area contributed by atoms with Crippen molar-refractivity contribution in [3.05, 3.63) is 46.4 Å². The Kier molecular flexibility index (Phi) is 2.36. The van der Waals surface area contributed by atoms with Crippen molar-refractivity contribution in [1.29, 1.82) is 0 Å². The van der Waals surface area contributed by atoms with Crippen molar-refractivity contribution in [3.8, 4) is 0 Å². The molecular weight excluding hydrogens is 303 g/mol. The monoisotopic (exact) mass is 308 g/mol. The minimum absolute atomic E-state index is 0.795. The normalized spacial score (nSPS) is 11.9. The SMILES string of the molecule is Clc1ccc2c(c1)sc1sc3cc(Cl)ccc3c12. The van der Waals surface area contributed by atoms with E-state index in [4.69, 9.17) is 23.2 Å². The van der Waals surface area contributed by atoms with Gasteiger partial charge in [-0.25, -0.2) is 0 Å². The van der Waals surface area contributed by atoms with E-state index in [0.717, 1.165) is 10.0 Å². The summed E-state index contributed by atoms with van der Waals surface area (Å²) in [6.45, 7) is 0. The number of fused-ring (bicyclic) bond motifs is 5. The van der Waals surface area contributed by atoms with Crippen LogP contribution in [0.3, 0.4) is 0 Å². The molecule has 4 rings (SSSR count). The Bertz CT molecular complexity index is 831. The molecule has 0 nitrogen and oxygen atoms in total. The van der Waals surface area contributed by atoms with Crippen LogP contribution in [0.2, 0.25) is 10.0 Å². The van der Waals surface area contributed by atoms with E-state index in [0.29, 0.717) is 0 Å². The van der Waals surface area contributed by atoms with Gasteiger partial charge in [0.15, 0.2) is 0 Å². The molecule has 0 unspecified atom stereocenters. The molecule has 2 heterocycles. The van der Waals surface area contributed by atoms with E-state index >= 15 is 0 Å². The number of thiophene rings is 2. The molecule has 0 saturated heterocycles. The predicted octanol–water partition coefficient (Wildman–Crippen LogP) is 6.58. The minimum Gasteiger partial charge on any atom is -0.124 e. The first kappa shape index (κ1) is 11.1. The molecule has 18 heavy (non-hydrogen) atoms. The van der Waals surface area contributed by atoms with Crippen molar-refractivity contribution >= 4 is 75.4 Å². The second-order valence-electron chi connectivity index (χ2n) is 4.15. The van der Waals surface area contributed by atoms with Crippen molar-refractivity contribution in [1.82, 2.24) is 0 Å². The standard InChI is InChI=1S/C14H6Cl2S2/c15-7-1-3-9-11(5-7)17-14-13(9)10-4-2-8(16)6-12(10)18-14/h1-6H. The maximum atomic E-state index is 6.04. The molecule has 2 aromatic carbocycles. The highest BCUT2D eigenvalue weighted by atomic mass is 35.5. The average molecular weight is 309 g/mol. The molecule has 0 aliphatic heterocycles. The molecule has 0 N–H and O–H groups in total. The fourth-order valence-corrected chi connectivity index (χ4v) is 5.42. The van der Waals surface area contributed by atoms with Crippen molar-refractivity contribution in [3.63, 3.8) is 0 Å². The molecule has 0 aliphatic rings. The van der Waals surface area contributed by atoms with Crippen LogP contribution in [0.4, 0.5) is 0 Å². The zero-order valence-electron chi connectivity index (χ0n) is 9.04. The average Bonchev–Trinajstić information content (AvgIpc) is 2.82. The van der Waals surface area contributed by atoms with Crippen molar-refractivity contribution < 1.29 is 0 Å². The second kappa shape index (κ2) is 3.84. The third kappa shape index (κ3) is 1.50. The van der Waals surface area contributed by atoms with E-state index < -0.39 is 0 Å². The van der Waals surface area contributed by atoms with Gasteiger partial charge in [0, 0.05) is 35.6 Å². The van der Waals surface area contributed by atoms with Gasteiger partial charge in [0.1, 0.15) is 0 Å². The van der Waals surface area contributed by atoms with Crippen molar-refractivity contribution in [2.45, 2.75) is 0 Å². The molecule has 0 aliphatic carbocycles. The Balaban J connectivity index is 2.25. The lowest BCUT2D eigenvalue weighted by molar-refractivity contribution is 1.85. The summed E-state index contributed by atoms with van der Waals surface area (Å²) in [5.74, 6) is 0. The van der Waals surface area contributed by atoms with Gasteiger partial charge in [-0.05, 0) is 24.3 Å². The van der Waals surface area contributed by atoms with Crippen LogP contribution in [-0.2, 0) is 0 Å². The molecule has 0 bridgehead atoms. The fourth-order valence-electron chi connectivity index (χ4n) is 2.26. The quantitative estimate of drug-likeness (QED) is 0.344. The Labute approximate surface area is 121 Å². The molecule has 0 fully saturated rings. The molecule has 4 aromatic rings. The highest BCUT2D eigenvalue weighted by Gasteiger charge is 2.12. The van der Waals surface area contributed by atoms with Crippen LogP contribution >= 0.6 is 45.9 Å². The van der Waals surface area contributed by atoms with Gasteiger partial charge >= 0.3 is 0 Å². The van der Waals surface area contributed by atoms with Crippen LogP contribution in [0.15, 0.2) is 36.4 Å². The molecule has 0 radical (unpaired) electrons. The lowest BCUT2D eigenvalue weighted by atomic mass is 10.1. The summed E-state index contributed by atoms with van der Waals surface area (Å²) in [6.07, 6.45) is 0. The van der Waals surface area contributed by atoms with E-state index in [1.165, 1.54) is 29.6 Å². The Hall–Kier alpha value is -0.800. The number of rotatable bonds is 0.